The van der Waals surface area contributed by atoms with E-state index in [1.54, 1.807) is 18.2 Å². The average Bonchev–Trinajstić information content (AvgIpc) is 3.90. The lowest BCUT2D eigenvalue weighted by molar-refractivity contribution is -0.0499. The summed E-state index contributed by atoms with van der Waals surface area (Å²) in [5.41, 5.74) is -4.85. The lowest BCUT2D eigenvalue weighted by atomic mass is 9.49. The summed E-state index contributed by atoms with van der Waals surface area (Å²) in [5.74, 6) is -0.476. The van der Waals surface area contributed by atoms with Gasteiger partial charge in [0.15, 0.2) is 16.9 Å². The molecule has 6 aromatic rings. The Balaban J connectivity index is 0.000000182. The third-order valence-corrected chi connectivity index (χ3v) is 14.3. The Kier molecular flexibility index (Phi) is 14.2. The summed E-state index contributed by atoms with van der Waals surface area (Å²) in [6, 6.07) is 20.3. The van der Waals surface area contributed by atoms with Gasteiger partial charge in [0.05, 0.1) is 49.0 Å². The quantitative estimate of drug-likeness (QED) is 0.0952. The van der Waals surface area contributed by atoms with E-state index in [1.807, 2.05) is 91.8 Å². The number of benzene rings is 4. The molecule has 0 saturated carbocycles. The summed E-state index contributed by atoms with van der Waals surface area (Å²) in [7, 11) is -7.15. The molecule has 3 fully saturated rings. The molecule has 5 heterocycles. The molecule has 20 heteroatoms. The molecule has 0 unspecified atom stereocenters. The van der Waals surface area contributed by atoms with Crippen LogP contribution in [-0.2, 0) is 38.0 Å². The topological polar surface area (TPSA) is 125 Å². The highest BCUT2D eigenvalue weighted by molar-refractivity contribution is 7.88. The summed E-state index contributed by atoms with van der Waals surface area (Å²) in [4.78, 5) is 0. The molecule has 0 N–H and O–H groups in total. The van der Waals surface area contributed by atoms with Gasteiger partial charge in [-0.3, -0.25) is 0 Å². The van der Waals surface area contributed by atoms with Gasteiger partial charge in [-0.2, -0.15) is 21.6 Å². The zero-order valence-corrected chi connectivity index (χ0v) is 39.3. The summed E-state index contributed by atoms with van der Waals surface area (Å²) >= 11 is 12.2. The minimum Gasteiger partial charge on any atom is -0.455 e. The molecule has 65 heavy (non-hydrogen) atoms. The lowest BCUT2D eigenvalue weighted by Crippen LogP contribution is -2.41. The maximum Gasteiger partial charge on any atom is 0.534 e. The second-order valence-electron chi connectivity index (χ2n) is 18.6. The van der Waals surface area contributed by atoms with E-state index in [-0.39, 0.29) is 70.0 Å². The summed E-state index contributed by atoms with van der Waals surface area (Å²) in [6.45, 7) is 24.4. The summed E-state index contributed by atoms with van der Waals surface area (Å²) < 4.78 is 112. The van der Waals surface area contributed by atoms with Gasteiger partial charge in [-0.25, -0.2) is 0 Å². The maximum absolute atomic E-state index is 12.5. The molecule has 0 atom stereocenters. The first-order valence-corrected chi connectivity index (χ1v) is 22.3. The van der Waals surface area contributed by atoms with Crippen molar-refractivity contribution in [2.45, 2.75) is 137 Å². The molecular weight excluding hydrogens is 909 g/mol. The molecule has 352 valence electrons. The van der Waals surface area contributed by atoms with Gasteiger partial charge in [-0.05, 0) is 119 Å². The van der Waals surface area contributed by atoms with Crippen molar-refractivity contribution in [1.29, 1.82) is 0 Å². The molecule has 2 aromatic heterocycles. The van der Waals surface area contributed by atoms with E-state index >= 15 is 0 Å². The van der Waals surface area contributed by atoms with Crippen LogP contribution < -0.4 is 9.65 Å². The molecular formula is C45H56B3Cl2F3O11S. The zero-order chi connectivity index (χ0) is 46.5. The minimum atomic E-state index is -5.77. The molecule has 0 spiro atoms. The largest absolute Gasteiger partial charge is 0.534 e. The van der Waals surface area contributed by atoms with E-state index in [9.17, 15) is 21.6 Å². The van der Waals surface area contributed by atoms with Crippen molar-refractivity contribution in [1.82, 2.24) is 0 Å². The second-order valence-corrected chi connectivity index (χ2v) is 21.0. The number of alkyl halides is 3. The van der Waals surface area contributed by atoms with Gasteiger partial charge in [0.1, 0.15) is 11.2 Å². The van der Waals surface area contributed by atoms with Gasteiger partial charge in [0.2, 0.25) is 0 Å². The van der Waals surface area contributed by atoms with E-state index < -0.39 is 42.5 Å². The smallest absolute Gasteiger partial charge is 0.455 e. The van der Waals surface area contributed by atoms with Gasteiger partial charge >= 0.3 is 36.8 Å². The van der Waals surface area contributed by atoms with Gasteiger partial charge < -0.3 is 40.9 Å². The Bertz CT molecular complexity index is 2740. The fourth-order valence-corrected chi connectivity index (χ4v) is 7.92. The van der Waals surface area contributed by atoms with Crippen molar-refractivity contribution in [2.24, 2.45) is 0 Å². The van der Waals surface area contributed by atoms with Crippen LogP contribution in [0.25, 0.3) is 43.9 Å². The van der Waals surface area contributed by atoms with E-state index in [2.05, 4.69) is 31.9 Å². The van der Waals surface area contributed by atoms with Crippen LogP contribution in [0.4, 0.5) is 13.2 Å². The Morgan fingerprint density at radius 2 is 0.877 bits per heavy atom. The van der Waals surface area contributed by atoms with Crippen molar-refractivity contribution >= 4 is 104 Å². The molecule has 0 radical (unpaired) electrons. The first kappa shape index (κ1) is 52.5. The fraction of sp³-hybridized carbons (Fsp3) is 0.467. The lowest BCUT2D eigenvalue weighted by Gasteiger charge is -2.32. The Hall–Kier alpha value is -3.45. The molecule has 0 amide bonds. The van der Waals surface area contributed by atoms with Crippen LogP contribution >= 0.6 is 23.2 Å². The molecule has 4 aromatic carbocycles. The Labute approximate surface area is 390 Å². The van der Waals surface area contributed by atoms with E-state index in [0.717, 1.165) is 27.9 Å². The van der Waals surface area contributed by atoms with E-state index in [0.29, 0.717) is 16.0 Å². The van der Waals surface area contributed by atoms with Crippen LogP contribution in [0, 0.1) is 0 Å². The first-order chi connectivity index (χ1) is 28.9. The number of hydrogen-bond donors (Lipinski definition) is 0. The van der Waals surface area contributed by atoms with Gasteiger partial charge in [-0.15, -0.1) is 0 Å². The number of fused-ring (bicyclic) bond motifs is 6. The van der Waals surface area contributed by atoms with Crippen molar-refractivity contribution in [2.75, 3.05) is 0 Å². The van der Waals surface area contributed by atoms with Gasteiger partial charge in [0.25, 0.3) is 0 Å². The molecule has 3 saturated heterocycles. The normalized spacial score (nSPS) is 20.2. The van der Waals surface area contributed by atoms with Crippen LogP contribution in [0.15, 0.2) is 81.6 Å². The first-order valence-electron chi connectivity index (χ1n) is 20.2. The van der Waals surface area contributed by atoms with Crippen LogP contribution in [0.2, 0.25) is 10.0 Å². The third kappa shape index (κ3) is 9.54. The minimum absolute atomic E-state index is 0. The Morgan fingerprint density at radius 1 is 0.523 bits per heavy atom. The number of furan rings is 2. The van der Waals surface area contributed by atoms with Crippen LogP contribution in [0.3, 0.4) is 0 Å². The SMILES string of the molecule is C.C.CC1(C)OB(B2OC(C)(C)C(C)(C)O2)OC1(C)C.CC1(C)OB(c2cccc3oc4c(Cl)cccc4c23)OC1(C)C.O=S(=O)(Oc1cccc2oc3c(Cl)cccc3c12)C(F)(F)F. The highest BCUT2D eigenvalue weighted by Crippen LogP contribution is 2.44. The number of hydrogen-bond acceptors (Lipinski definition) is 11. The zero-order valence-electron chi connectivity index (χ0n) is 36.9. The van der Waals surface area contributed by atoms with E-state index in [1.165, 1.54) is 12.1 Å². The number of para-hydroxylation sites is 2. The molecule has 3 aliphatic rings. The van der Waals surface area contributed by atoms with Crippen LogP contribution in [-0.4, -0.2) is 68.7 Å². The number of rotatable bonds is 4. The molecule has 0 bridgehead atoms. The predicted octanol–water partition coefficient (Wildman–Crippen LogP) is 12.5. The van der Waals surface area contributed by atoms with Crippen molar-refractivity contribution in [3.63, 3.8) is 0 Å². The van der Waals surface area contributed by atoms with Crippen molar-refractivity contribution in [3.8, 4) is 5.75 Å². The highest BCUT2D eigenvalue weighted by atomic mass is 35.5. The standard InChI is InChI=1S/C18H18BClO3.C13H6ClF3O4S.C12H24B2O4.2CH4/c1-17(2)18(3,4)23-19(22-17)12-8-6-10-14-15(12)11-7-5-9-13(20)16(11)21-14;14-8-4-1-3-7-11-9(20-12(7)8)5-2-6-10(11)21-22(18,19)13(15,16)17;1-9(2)10(3,4)16-13(15-9)14-17-11(5,6)12(7,8)18-14;;/h5-10H,1-4H3;1-6H;1-8H3;2*1H4. The van der Waals surface area contributed by atoms with Gasteiger partial charge in [0, 0.05) is 16.2 Å². The summed E-state index contributed by atoms with van der Waals surface area (Å²) in [6.07, 6.45) is 0. The summed E-state index contributed by atoms with van der Waals surface area (Å²) in [5, 5.41) is 3.31. The highest BCUT2D eigenvalue weighted by Gasteiger charge is 2.64. The fourth-order valence-electron chi connectivity index (χ4n) is 7.02. The number of halogens is 5. The van der Waals surface area contributed by atoms with Crippen LogP contribution in [0.5, 0.6) is 5.75 Å². The maximum atomic E-state index is 12.5. The average molecular weight is 965 g/mol. The van der Waals surface area contributed by atoms with Crippen molar-refractivity contribution in [3.05, 3.63) is 82.8 Å². The predicted molar refractivity (Wildman–Crippen MR) is 254 cm³/mol. The molecule has 11 nitrogen and oxygen atoms in total. The monoisotopic (exact) mass is 964 g/mol. The van der Waals surface area contributed by atoms with Gasteiger partial charge in [-0.1, -0.05) is 80.5 Å². The van der Waals surface area contributed by atoms with E-state index in [4.69, 9.17) is 60.0 Å². The van der Waals surface area contributed by atoms with Crippen molar-refractivity contribution < 1.29 is 62.5 Å². The third-order valence-electron chi connectivity index (χ3n) is 12.7. The molecule has 3 aliphatic heterocycles. The van der Waals surface area contributed by atoms with Crippen LogP contribution in [0.1, 0.15) is 97.9 Å². The Morgan fingerprint density at radius 3 is 1.29 bits per heavy atom. The molecule has 9 rings (SSSR count). The second kappa shape index (κ2) is 17.6. The molecule has 0 aliphatic carbocycles.